The molecule has 2 atom stereocenters. The zero-order chi connectivity index (χ0) is 21.3. The molecule has 3 N–H and O–H groups in total. The van der Waals surface area contributed by atoms with Crippen LogP contribution in [0.15, 0.2) is 29.3 Å². The average molecular weight is 422 g/mol. The summed E-state index contributed by atoms with van der Waals surface area (Å²) < 4.78 is 48.1. The number of nitrogens with zero attached hydrogens (tertiary/aromatic N) is 2. The highest BCUT2D eigenvalue weighted by Gasteiger charge is 2.36. The van der Waals surface area contributed by atoms with Crippen LogP contribution in [0.5, 0.6) is 5.75 Å². The molecule has 1 amide bonds. The number of benzene rings is 1. The third kappa shape index (κ3) is 3.95. The molecule has 3 rings (SSSR count). The summed E-state index contributed by atoms with van der Waals surface area (Å²) in [5.41, 5.74) is -0.149. The zero-order valence-electron chi connectivity index (χ0n) is 15.6. The Morgan fingerprint density at radius 3 is 2.93 bits per heavy atom. The van der Waals surface area contributed by atoms with Gasteiger partial charge in [0, 0.05) is 18.9 Å². The minimum atomic E-state index is -4.04. The number of ether oxygens (including phenoxy) is 1. The SMILES string of the molecule is CCC(O)[C@@H]1COc2c(cn(C)c2C(=O)Nc2ccc(F)c(C#N)c2)S(=O)(=O)N1. The fourth-order valence-electron chi connectivity index (χ4n) is 2.99. The molecule has 0 radical (unpaired) electrons. The number of nitrogens with one attached hydrogen (secondary N) is 2. The van der Waals surface area contributed by atoms with E-state index in [9.17, 15) is 22.7 Å². The predicted octanol–water partition coefficient (Wildman–Crippen LogP) is 1.10. The Morgan fingerprint density at radius 1 is 1.55 bits per heavy atom. The Bertz CT molecular complexity index is 1110. The minimum absolute atomic E-state index is 0.0696. The van der Waals surface area contributed by atoms with Crippen LogP contribution in [0.25, 0.3) is 0 Å². The maximum atomic E-state index is 13.5. The molecule has 0 fully saturated rings. The van der Waals surface area contributed by atoms with Gasteiger partial charge >= 0.3 is 0 Å². The second kappa shape index (κ2) is 7.82. The summed E-state index contributed by atoms with van der Waals surface area (Å²) in [4.78, 5) is 12.6. The maximum Gasteiger partial charge on any atom is 0.276 e. The fraction of sp³-hybridized carbons (Fsp3) is 0.333. The van der Waals surface area contributed by atoms with Crippen LogP contribution < -0.4 is 14.8 Å². The van der Waals surface area contributed by atoms with Gasteiger partial charge in [0.05, 0.1) is 17.7 Å². The molecule has 1 unspecified atom stereocenters. The van der Waals surface area contributed by atoms with E-state index in [2.05, 4.69) is 10.0 Å². The summed E-state index contributed by atoms with van der Waals surface area (Å²) in [6.45, 7) is 1.54. The van der Waals surface area contributed by atoms with Crippen LogP contribution in [0.3, 0.4) is 0 Å². The molecule has 0 saturated carbocycles. The average Bonchev–Trinajstić information content (AvgIpc) is 2.96. The summed E-state index contributed by atoms with van der Waals surface area (Å²) in [6.07, 6.45) is 0.593. The molecule has 1 aliphatic rings. The fourth-order valence-corrected chi connectivity index (χ4v) is 4.44. The molecule has 1 aliphatic heterocycles. The summed E-state index contributed by atoms with van der Waals surface area (Å²) in [5.74, 6) is -1.57. The van der Waals surface area contributed by atoms with Gasteiger partial charge in [-0.2, -0.15) is 5.26 Å². The molecule has 0 bridgehead atoms. The number of rotatable bonds is 4. The van der Waals surface area contributed by atoms with Gasteiger partial charge in [-0.25, -0.2) is 17.5 Å². The Hall–Kier alpha value is -2.94. The lowest BCUT2D eigenvalue weighted by Crippen LogP contribution is -2.45. The van der Waals surface area contributed by atoms with Crippen molar-refractivity contribution in [1.29, 1.82) is 5.26 Å². The van der Waals surface area contributed by atoms with Crippen LogP contribution in [0.4, 0.5) is 10.1 Å². The number of nitriles is 1. The molecule has 154 valence electrons. The maximum absolute atomic E-state index is 13.5. The summed E-state index contributed by atoms with van der Waals surface area (Å²) in [5, 5.41) is 21.4. The molecule has 1 aromatic heterocycles. The predicted molar refractivity (Wildman–Crippen MR) is 100 cm³/mol. The van der Waals surface area contributed by atoms with E-state index in [-0.39, 0.29) is 34.2 Å². The topological polar surface area (TPSA) is 133 Å². The molecule has 2 heterocycles. The standard InChI is InChI=1S/C18H19FN4O5S/c1-3-14(24)13-9-28-17-15(29(26,27)22-13)8-23(2)16(17)18(25)21-11-4-5-12(19)10(6-11)7-20/h4-6,8,13-14,22,24H,3,9H2,1-2H3,(H,21,25)/t13-,14?/m0/s1. The number of aryl methyl sites for hydroxylation is 1. The number of anilines is 1. The van der Waals surface area contributed by atoms with E-state index in [0.717, 1.165) is 6.07 Å². The van der Waals surface area contributed by atoms with Crippen molar-refractivity contribution in [1.82, 2.24) is 9.29 Å². The Morgan fingerprint density at radius 2 is 2.28 bits per heavy atom. The Balaban J connectivity index is 1.96. The first-order chi connectivity index (χ1) is 13.7. The lowest BCUT2D eigenvalue weighted by Gasteiger charge is -2.20. The van der Waals surface area contributed by atoms with Crippen molar-refractivity contribution in [2.75, 3.05) is 11.9 Å². The second-order valence-electron chi connectivity index (χ2n) is 6.56. The normalized spacial score (nSPS) is 18.7. The van der Waals surface area contributed by atoms with E-state index < -0.39 is 33.9 Å². The van der Waals surface area contributed by atoms with Crippen molar-refractivity contribution < 1.29 is 27.4 Å². The van der Waals surface area contributed by atoms with E-state index in [1.807, 2.05) is 0 Å². The van der Waals surface area contributed by atoms with Crippen molar-refractivity contribution in [3.05, 3.63) is 41.5 Å². The minimum Gasteiger partial charge on any atom is -0.488 e. The van der Waals surface area contributed by atoms with E-state index in [4.69, 9.17) is 10.00 Å². The smallest absolute Gasteiger partial charge is 0.276 e. The third-order valence-electron chi connectivity index (χ3n) is 4.55. The van der Waals surface area contributed by atoms with E-state index >= 15 is 0 Å². The van der Waals surface area contributed by atoms with Crippen molar-refractivity contribution in [2.45, 2.75) is 30.4 Å². The molecular formula is C18H19FN4O5S. The van der Waals surface area contributed by atoms with Gasteiger partial charge in [0.15, 0.2) is 11.4 Å². The number of sulfonamides is 1. The van der Waals surface area contributed by atoms with Gasteiger partial charge in [0.2, 0.25) is 10.0 Å². The molecule has 1 aromatic carbocycles. The van der Waals surface area contributed by atoms with Crippen LogP contribution in [-0.4, -0.2) is 42.8 Å². The molecule has 0 saturated heterocycles. The zero-order valence-corrected chi connectivity index (χ0v) is 16.5. The van der Waals surface area contributed by atoms with Gasteiger partial charge in [0.1, 0.15) is 23.4 Å². The number of carbonyl (C=O) groups excluding carboxylic acids is 1. The summed E-state index contributed by atoms with van der Waals surface area (Å²) in [7, 11) is -2.56. The largest absolute Gasteiger partial charge is 0.488 e. The molecular weight excluding hydrogens is 403 g/mol. The second-order valence-corrected chi connectivity index (χ2v) is 8.24. The summed E-state index contributed by atoms with van der Waals surface area (Å²) >= 11 is 0. The van der Waals surface area contributed by atoms with Gasteiger partial charge in [-0.05, 0) is 24.6 Å². The van der Waals surface area contributed by atoms with E-state index in [1.165, 1.54) is 29.9 Å². The monoisotopic (exact) mass is 422 g/mol. The van der Waals surface area contributed by atoms with E-state index in [1.54, 1.807) is 13.0 Å². The first kappa shape index (κ1) is 20.8. The first-order valence-corrected chi connectivity index (χ1v) is 10.2. The third-order valence-corrected chi connectivity index (χ3v) is 6.03. The number of halogens is 1. The Kier molecular flexibility index (Phi) is 5.61. The van der Waals surface area contributed by atoms with Gasteiger partial charge in [-0.3, -0.25) is 4.79 Å². The van der Waals surface area contributed by atoms with Gasteiger partial charge in [0.25, 0.3) is 5.91 Å². The molecule has 11 heteroatoms. The van der Waals surface area contributed by atoms with Crippen molar-refractivity contribution in [3.63, 3.8) is 0 Å². The van der Waals surface area contributed by atoms with Gasteiger partial charge in [-0.15, -0.1) is 0 Å². The van der Waals surface area contributed by atoms with Crippen LogP contribution in [-0.2, 0) is 17.1 Å². The van der Waals surface area contributed by atoms with Crippen LogP contribution in [0.2, 0.25) is 0 Å². The lowest BCUT2D eigenvalue weighted by atomic mass is 10.1. The number of aliphatic hydroxyl groups is 1. The van der Waals surface area contributed by atoms with Crippen LogP contribution in [0.1, 0.15) is 29.4 Å². The van der Waals surface area contributed by atoms with Crippen molar-refractivity contribution in [2.24, 2.45) is 7.05 Å². The van der Waals surface area contributed by atoms with Crippen molar-refractivity contribution in [3.8, 4) is 11.8 Å². The van der Waals surface area contributed by atoms with Crippen LogP contribution in [0, 0.1) is 17.1 Å². The molecule has 29 heavy (non-hydrogen) atoms. The number of hydrogen-bond donors (Lipinski definition) is 3. The number of aliphatic hydroxyl groups excluding tert-OH is 1. The number of hydrogen-bond acceptors (Lipinski definition) is 6. The number of fused-ring (bicyclic) bond motifs is 1. The van der Waals surface area contributed by atoms with E-state index in [0.29, 0.717) is 6.42 Å². The summed E-state index contributed by atoms with van der Waals surface area (Å²) in [6, 6.07) is 4.30. The van der Waals surface area contributed by atoms with Gasteiger partial charge in [-0.1, -0.05) is 6.92 Å². The molecule has 0 aliphatic carbocycles. The highest BCUT2D eigenvalue weighted by atomic mass is 32.2. The molecule has 9 nitrogen and oxygen atoms in total. The highest BCUT2D eigenvalue weighted by molar-refractivity contribution is 7.89. The first-order valence-electron chi connectivity index (χ1n) is 8.71. The number of carbonyl (C=O) groups is 1. The van der Waals surface area contributed by atoms with Gasteiger partial charge < -0.3 is 19.7 Å². The van der Waals surface area contributed by atoms with Crippen molar-refractivity contribution >= 4 is 21.6 Å². The number of amides is 1. The molecule has 2 aromatic rings. The highest BCUT2D eigenvalue weighted by Crippen LogP contribution is 2.33. The number of aromatic nitrogens is 1. The Labute approximate surface area is 166 Å². The molecule has 0 spiro atoms. The quantitative estimate of drug-likeness (QED) is 0.676. The van der Waals surface area contributed by atoms with Crippen LogP contribution >= 0.6 is 0 Å². The lowest BCUT2D eigenvalue weighted by molar-refractivity contribution is 0.0991.